The van der Waals surface area contributed by atoms with E-state index in [4.69, 9.17) is 37.1 Å². The maximum Gasteiger partial charge on any atom is 0.308 e. The van der Waals surface area contributed by atoms with Gasteiger partial charge in [0.15, 0.2) is 11.5 Å². The lowest BCUT2D eigenvalue weighted by Crippen LogP contribution is -2.19. The quantitative estimate of drug-likeness (QED) is 0.367. The number of sulfonamides is 1. The molecule has 1 aromatic heterocycles. The molecule has 0 aliphatic rings. The van der Waals surface area contributed by atoms with Gasteiger partial charge in [0.1, 0.15) is 25.0 Å². The maximum absolute atomic E-state index is 11.2. The largest absolute Gasteiger partial charge is 0.489 e. The number of ether oxygens (including phenoxy) is 2. The van der Waals surface area contributed by atoms with Crippen molar-refractivity contribution < 1.29 is 22.3 Å². The fraction of sp³-hybridized carbons (Fsp3) is 0.304. The molecule has 0 spiro atoms. The van der Waals surface area contributed by atoms with E-state index >= 15 is 0 Å². The minimum absolute atomic E-state index is 0.0755. The van der Waals surface area contributed by atoms with Crippen molar-refractivity contribution in [1.82, 2.24) is 4.98 Å². The van der Waals surface area contributed by atoms with Crippen molar-refractivity contribution in [2.45, 2.75) is 25.9 Å². The zero-order chi connectivity index (χ0) is 24.9. The highest BCUT2D eigenvalue weighted by atomic mass is 35.5. The summed E-state index contributed by atoms with van der Waals surface area (Å²) in [6, 6.07) is 13.1. The summed E-state index contributed by atoms with van der Waals surface area (Å²) in [7, 11) is -3.47. The average molecular weight is 524 g/mol. The first-order valence-electron chi connectivity index (χ1n) is 10.1. The summed E-state index contributed by atoms with van der Waals surface area (Å²) in [5.41, 5.74) is 1.72. The second-order valence-corrected chi connectivity index (χ2v) is 10.5. The molecule has 0 atom stereocenters. The molecule has 0 aliphatic heterocycles. The Balaban J connectivity index is 1.73. The molecular weight excluding hydrogens is 501 g/mol. The van der Waals surface area contributed by atoms with Gasteiger partial charge in [-0.1, -0.05) is 37.6 Å². The molecule has 0 saturated heterocycles. The number of hydrogen-bond acceptors (Lipinski definition) is 7. The number of anilines is 1. The van der Waals surface area contributed by atoms with Crippen molar-refractivity contribution in [2.75, 3.05) is 23.5 Å². The molecule has 8 nitrogen and oxygen atoms in total. The Morgan fingerprint density at radius 1 is 1.18 bits per heavy atom. The highest BCUT2D eigenvalue weighted by Crippen LogP contribution is 2.38. The third-order valence-corrected chi connectivity index (χ3v) is 5.97. The van der Waals surface area contributed by atoms with Crippen LogP contribution in [-0.2, 0) is 22.0 Å². The number of alkyl halides is 1. The number of hydrogen-bond donors (Lipinski definition) is 1. The molecule has 1 N–H and O–H groups in total. The lowest BCUT2D eigenvalue weighted by atomic mass is 9.77. The zero-order valence-electron chi connectivity index (χ0n) is 18.8. The summed E-state index contributed by atoms with van der Waals surface area (Å²) in [5.74, 6) is 1.58. The summed E-state index contributed by atoms with van der Waals surface area (Å²) in [5, 5.41) is 9.92. The van der Waals surface area contributed by atoms with E-state index in [0.717, 1.165) is 17.4 Å². The smallest absolute Gasteiger partial charge is 0.308 e. The van der Waals surface area contributed by atoms with Crippen molar-refractivity contribution in [3.63, 3.8) is 0 Å². The Hall–Kier alpha value is -2.93. The van der Waals surface area contributed by atoms with E-state index in [2.05, 4.69) is 15.8 Å². The van der Waals surface area contributed by atoms with E-state index in [9.17, 15) is 13.7 Å². The first-order chi connectivity index (χ1) is 16.0. The Kier molecular flexibility index (Phi) is 7.97. The second-order valence-electron chi connectivity index (χ2n) is 7.93. The van der Waals surface area contributed by atoms with Crippen molar-refractivity contribution in [3.8, 4) is 17.6 Å². The minimum atomic E-state index is -3.47. The van der Waals surface area contributed by atoms with Crippen LogP contribution in [0.2, 0.25) is 5.02 Å². The molecule has 3 rings (SSSR count). The van der Waals surface area contributed by atoms with Gasteiger partial charge in [0.2, 0.25) is 10.0 Å². The number of halogens is 2. The van der Waals surface area contributed by atoms with Gasteiger partial charge in [-0.2, -0.15) is 5.26 Å². The standard InChI is InChI=1S/C23H23Cl2N3O5S/c1-23(2,17-10-15(12-26)21(20(25)11-17)31-9-8-24)16-4-6-18(7-5-16)32-14-19-13-27-22(33-19)28-34(3,29)30/h4-7,10-11,13H,8-9,14H2,1-3H3,(H,27,28). The molecule has 0 radical (unpaired) electrons. The van der Waals surface area contributed by atoms with Crippen molar-refractivity contribution in [3.05, 3.63) is 70.1 Å². The van der Waals surface area contributed by atoms with Gasteiger partial charge in [-0.05, 0) is 35.4 Å². The van der Waals surface area contributed by atoms with Crippen LogP contribution >= 0.6 is 23.2 Å². The minimum Gasteiger partial charge on any atom is -0.489 e. The first kappa shape index (κ1) is 25.7. The Morgan fingerprint density at radius 2 is 1.88 bits per heavy atom. The second kappa shape index (κ2) is 10.6. The molecule has 0 amide bonds. The van der Waals surface area contributed by atoms with E-state index < -0.39 is 15.4 Å². The van der Waals surface area contributed by atoms with Crippen LogP contribution in [0.1, 0.15) is 36.3 Å². The highest BCUT2D eigenvalue weighted by Gasteiger charge is 2.26. The van der Waals surface area contributed by atoms with Gasteiger partial charge in [-0.25, -0.2) is 18.1 Å². The molecule has 0 bridgehead atoms. The van der Waals surface area contributed by atoms with Gasteiger partial charge in [0.25, 0.3) is 0 Å². The Labute approximate surface area is 208 Å². The van der Waals surface area contributed by atoms with Crippen LogP contribution in [0.25, 0.3) is 0 Å². The maximum atomic E-state index is 11.2. The third-order valence-electron chi connectivity index (χ3n) is 4.99. The molecule has 0 unspecified atom stereocenters. The molecule has 180 valence electrons. The number of nitriles is 1. The average Bonchev–Trinajstić information content (AvgIpc) is 3.22. The van der Waals surface area contributed by atoms with Gasteiger partial charge >= 0.3 is 6.01 Å². The Morgan fingerprint density at radius 3 is 2.50 bits per heavy atom. The van der Waals surface area contributed by atoms with E-state index in [1.54, 1.807) is 12.1 Å². The summed E-state index contributed by atoms with van der Waals surface area (Å²) < 4.78 is 41.2. The number of nitrogens with zero attached hydrogens (tertiary/aromatic N) is 2. The van der Waals surface area contributed by atoms with Gasteiger partial charge in [0, 0.05) is 5.41 Å². The van der Waals surface area contributed by atoms with Gasteiger partial charge in [-0.3, -0.25) is 0 Å². The lowest BCUT2D eigenvalue weighted by Gasteiger charge is -2.27. The first-order valence-corrected chi connectivity index (χ1v) is 12.9. The van der Waals surface area contributed by atoms with E-state index in [-0.39, 0.29) is 25.1 Å². The van der Waals surface area contributed by atoms with Gasteiger partial charge in [0.05, 0.1) is 28.9 Å². The van der Waals surface area contributed by atoms with Gasteiger partial charge < -0.3 is 13.9 Å². The van der Waals surface area contributed by atoms with Crippen LogP contribution in [0.15, 0.2) is 47.0 Å². The molecule has 0 aliphatic carbocycles. The molecule has 11 heteroatoms. The molecule has 2 aromatic carbocycles. The molecule has 1 heterocycles. The third kappa shape index (κ3) is 6.35. The number of aromatic nitrogens is 1. The predicted molar refractivity (Wildman–Crippen MR) is 130 cm³/mol. The van der Waals surface area contributed by atoms with Crippen LogP contribution in [0.4, 0.5) is 6.01 Å². The number of rotatable bonds is 10. The normalized spacial score (nSPS) is 11.6. The van der Waals surface area contributed by atoms with Crippen LogP contribution in [0, 0.1) is 11.3 Å². The zero-order valence-corrected chi connectivity index (χ0v) is 21.1. The summed E-state index contributed by atoms with van der Waals surface area (Å²) in [6.45, 7) is 4.38. The number of benzene rings is 2. The monoisotopic (exact) mass is 523 g/mol. The summed E-state index contributed by atoms with van der Waals surface area (Å²) in [6.07, 6.45) is 2.40. The molecule has 34 heavy (non-hydrogen) atoms. The fourth-order valence-corrected chi connectivity index (χ4v) is 3.96. The lowest BCUT2D eigenvalue weighted by molar-refractivity contribution is 0.272. The SMILES string of the molecule is CC(C)(c1ccc(OCc2cnc(NS(C)(=O)=O)o2)cc1)c1cc(Cl)c(OCCCl)c(C#N)c1. The van der Waals surface area contributed by atoms with Crippen molar-refractivity contribution in [1.29, 1.82) is 5.26 Å². The van der Waals surface area contributed by atoms with E-state index in [0.29, 0.717) is 27.8 Å². The van der Waals surface area contributed by atoms with Gasteiger partial charge in [-0.15, -0.1) is 11.6 Å². The highest BCUT2D eigenvalue weighted by molar-refractivity contribution is 7.91. The Bertz CT molecular complexity index is 1300. The molecule has 3 aromatic rings. The van der Waals surface area contributed by atoms with Crippen LogP contribution in [0.5, 0.6) is 11.5 Å². The van der Waals surface area contributed by atoms with Crippen LogP contribution < -0.4 is 14.2 Å². The number of oxazole rings is 1. The van der Waals surface area contributed by atoms with E-state index in [1.165, 1.54) is 6.20 Å². The van der Waals surface area contributed by atoms with Crippen molar-refractivity contribution in [2.24, 2.45) is 0 Å². The summed E-state index contributed by atoms with van der Waals surface area (Å²) >= 11 is 12.1. The molecule has 0 saturated carbocycles. The summed E-state index contributed by atoms with van der Waals surface area (Å²) in [4.78, 5) is 3.85. The van der Waals surface area contributed by atoms with Crippen LogP contribution in [0.3, 0.4) is 0 Å². The topological polar surface area (TPSA) is 114 Å². The fourth-order valence-electron chi connectivity index (χ4n) is 3.19. The molecule has 0 fully saturated rings. The predicted octanol–water partition coefficient (Wildman–Crippen LogP) is 5.09. The van der Waals surface area contributed by atoms with Crippen molar-refractivity contribution >= 4 is 39.2 Å². The number of nitrogens with one attached hydrogen (secondary N) is 1. The van der Waals surface area contributed by atoms with Crippen LogP contribution in [-0.4, -0.2) is 32.1 Å². The molecular formula is C23H23Cl2N3O5S. The van der Waals surface area contributed by atoms with E-state index in [1.807, 2.05) is 38.1 Å².